The van der Waals surface area contributed by atoms with Crippen LogP contribution in [0.1, 0.15) is 29.6 Å². The maximum atomic E-state index is 12.6. The number of rotatable bonds is 2. The minimum Gasteiger partial charge on any atom is -0.339 e. The van der Waals surface area contributed by atoms with Gasteiger partial charge in [-0.15, -0.1) is 0 Å². The molecule has 5 nitrogen and oxygen atoms in total. The zero-order chi connectivity index (χ0) is 16.5. The van der Waals surface area contributed by atoms with Crippen molar-refractivity contribution in [3.05, 3.63) is 53.4 Å². The summed E-state index contributed by atoms with van der Waals surface area (Å²) in [5.41, 5.74) is 3.15. The molecule has 122 valence electrons. The Balaban J connectivity index is 1.69. The second kappa shape index (κ2) is 6.24. The lowest BCUT2D eigenvalue weighted by Gasteiger charge is -2.26. The monoisotopic (exact) mass is 340 g/mol. The molecular formula is C18H17ClN4O. The van der Waals surface area contributed by atoms with Crippen LogP contribution in [0.3, 0.4) is 0 Å². The summed E-state index contributed by atoms with van der Waals surface area (Å²) < 4.78 is 1.66. The van der Waals surface area contributed by atoms with Crippen molar-refractivity contribution in [1.29, 1.82) is 0 Å². The van der Waals surface area contributed by atoms with E-state index in [1.165, 1.54) is 6.42 Å². The molecule has 0 saturated carbocycles. The molecule has 3 heterocycles. The minimum atomic E-state index is 0.0314. The maximum Gasteiger partial charge on any atom is 0.256 e. The van der Waals surface area contributed by atoms with Gasteiger partial charge in [0.25, 0.3) is 5.91 Å². The van der Waals surface area contributed by atoms with Gasteiger partial charge in [0.05, 0.1) is 11.8 Å². The van der Waals surface area contributed by atoms with Crippen LogP contribution in [0, 0.1) is 0 Å². The first-order chi connectivity index (χ1) is 11.7. The highest BCUT2D eigenvalue weighted by molar-refractivity contribution is 6.30. The molecular weight excluding hydrogens is 324 g/mol. The smallest absolute Gasteiger partial charge is 0.256 e. The molecule has 0 radical (unpaired) electrons. The first-order valence-electron chi connectivity index (χ1n) is 8.11. The SMILES string of the molecule is O=C(c1cnc2c(-c3cccc(Cl)c3)cnn2c1)N1CCCCC1. The van der Waals surface area contributed by atoms with Crippen LogP contribution in [0.15, 0.2) is 42.9 Å². The Kier molecular flexibility index (Phi) is 3.94. The Morgan fingerprint density at radius 1 is 1.12 bits per heavy atom. The van der Waals surface area contributed by atoms with E-state index in [1.54, 1.807) is 23.1 Å². The number of amides is 1. The molecule has 0 bridgehead atoms. The predicted octanol–water partition coefficient (Wildman–Crippen LogP) is 3.68. The molecule has 1 fully saturated rings. The van der Waals surface area contributed by atoms with Crippen LogP contribution >= 0.6 is 11.6 Å². The number of benzene rings is 1. The molecule has 4 rings (SSSR count). The van der Waals surface area contributed by atoms with E-state index in [9.17, 15) is 4.79 Å². The molecule has 0 spiro atoms. The van der Waals surface area contributed by atoms with Gasteiger partial charge < -0.3 is 4.90 Å². The van der Waals surface area contributed by atoms with Crippen LogP contribution in [-0.2, 0) is 0 Å². The van der Waals surface area contributed by atoms with Crippen molar-refractivity contribution in [3.8, 4) is 11.1 Å². The molecule has 0 unspecified atom stereocenters. The summed E-state index contributed by atoms with van der Waals surface area (Å²) >= 11 is 6.07. The van der Waals surface area contributed by atoms with Gasteiger partial charge in [0.2, 0.25) is 0 Å². The molecule has 0 aliphatic carbocycles. The fourth-order valence-corrected chi connectivity index (χ4v) is 3.31. The molecule has 24 heavy (non-hydrogen) atoms. The molecule has 1 aliphatic heterocycles. The Labute approximate surface area is 144 Å². The number of carbonyl (C=O) groups excluding carboxylic acids is 1. The third kappa shape index (κ3) is 2.76. The van der Waals surface area contributed by atoms with Crippen LogP contribution in [-0.4, -0.2) is 38.5 Å². The van der Waals surface area contributed by atoms with Crippen LogP contribution in [0.2, 0.25) is 5.02 Å². The first kappa shape index (κ1) is 15.1. The maximum absolute atomic E-state index is 12.6. The first-order valence-corrected chi connectivity index (χ1v) is 8.49. The van der Waals surface area contributed by atoms with E-state index < -0.39 is 0 Å². The van der Waals surface area contributed by atoms with Crippen molar-refractivity contribution in [2.24, 2.45) is 0 Å². The van der Waals surface area contributed by atoms with Crippen LogP contribution < -0.4 is 0 Å². The van der Waals surface area contributed by atoms with Gasteiger partial charge in [-0.05, 0) is 37.0 Å². The second-order valence-corrected chi connectivity index (χ2v) is 6.47. The van der Waals surface area contributed by atoms with Crippen molar-refractivity contribution in [2.45, 2.75) is 19.3 Å². The molecule has 3 aromatic rings. The number of hydrogen-bond donors (Lipinski definition) is 0. The number of nitrogens with zero attached hydrogens (tertiary/aromatic N) is 4. The van der Waals surface area contributed by atoms with E-state index in [4.69, 9.17) is 11.6 Å². The van der Waals surface area contributed by atoms with Gasteiger partial charge in [-0.2, -0.15) is 5.10 Å². The number of halogens is 1. The van der Waals surface area contributed by atoms with Gasteiger partial charge in [-0.3, -0.25) is 4.79 Å². The Morgan fingerprint density at radius 3 is 2.75 bits per heavy atom. The fourth-order valence-electron chi connectivity index (χ4n) is 3.12. The Bertz CT molecular complexity index is 899. The number of carbonyl (C=O) groups is 1. The van der Waals surface area contributed by atoms with Gasteiger partial charge in [0.1, 0.15) is 0 Å². The molecule has 0 N–H and O–H groups in total. The third-order valence-electron chi connectivity index (χ3n) is 4.38. The summed E-state index contributed by atoms with van der Waals surface area (Å²) in [5, 5.41) is 5.02. The normalized spacial score (nSPS) is 15.0. The summed E-state index contributed by atoms with van der Waals surface area (Å²) in [6.07, 6.45) is 8.49. The number of aromatic nitrogens is 3. The average Bonchev–Trinajstić information content (AvgIpc) is 3.05. The molecule has 2 aromatic heterocycles. The van der Waals surface area contributed by atoms with Crippen molar-refractivity contribution < 1.29 is 4.79 Å². The summed E-state index contributed by atoms with van der Waals surface area (Å²) in [4.78, 5) is 19.0. The molecule has 1 aromatic carbocycles. The summed E-state index contributed by atoms with van der Waals surface area (Å²) in [5.74, 6) is 0.0314. The van der Waals surface area contributed by atoms with Crippen molar-refractivity contribution >= 4 is 23.2 Å². The van der Waals surface area contributed by atoms with E-state index in [0.717, 1.165) is 37.1 Å². The predicted molar refractivity (Wildman–Crippen MR) is 93.2 cm³/mol. The molecule has 1 saturated heterocycles. The molecule has 6 heteroatoms. The van der Waals surface area contributed by atoms with Crippen molar-refractivity contribution in [3.63, 3.8) is 0 Å². The van der Waals surface area contributed by atoms with Gasteiger partial charge in [-0.25, -0.2) is 9.50 Å². The van der Waals surface area contributed by atoms with E-state index in [2.05, 4.69) is 10.1 Å². The minimum absolute atomic E-state index is 0.0314. The largest absolute Gasteiger partial charge is 0.339 e. The number of fused-ring (bicyclic) bond motifs is 1. The summed E-state index contributed by atoms with van der Waals surface area (Å²) in [7, 11) is 0. The third-order valence-corrected chi connectivity index (χ3v) is 4.62. The summed E-state index contributed by atoms with van der Waals surface area (Å²) in [6, 6.07) is 7.58. The van der Waals surface area contributed by atoms with Crippen LogP contribution in [0.4, 0.5) is 0 Å². The number of hydrogen-bond acceptors (Lipinski definition) is 3. The van der Waals surface area contributed by atoms with Crippen molar-refractivity contribution in [1.82, 2.24) is 19.5 Å². The lowest BCUT2D eigenvalue weighted by Crippen LogP contribution is -2.35. The molecule has 1 aliphatic rings. The lowest BCUT2D eigenvalue weighted by atomic mass is 10.1. The molecule has 1 amide bonds. The highest BCUT2D eigenvalue weighted by Crippen LogP contribution is 2.26. The standard InChI is InChI=1S/C18H17ClN4O/c19-15-6-4-5-13(9-15)16-11-21-23-12-14(10-20-17(16)23)18(24)22-7-2-1-3-8-22/h4-6,9-12H,1-3,7-8H2. The molecule has 0 atom stereocenters. The van der Waals surface area contributed by atoms with Crippen molar-refractivity contribution in [2.75, 3.05) is 13.1 Å². The fraction of sp³-hybridized carbons (Fsp3) is 0.278. The Hall–Kier alpha value is -2.40. The number of piperidine rings is 1. The second-order valence-electron chi connectivity index (χ2n) is 6.03. The topological polar surface area (TPSA) is 50.5 Å². The van der Waals surface area contributed by atoms with Gasteiger partial charge in [-0.1, -0.05) is 23.7 Å². The highest BCUT2D eigenvalue weighted by atomic mass is 35.5. The van der Waals surface area contributed by atoms with E-state index in [1.807, 2.05) is 29.2 Å². The zero-order valence-electron chi connectivity index (χ0n) is 13.2. The van der Waals surface area contributed by atoms with E-state index in [0.29, 0.717) is 16.2 Å². The van der Waals surface area contributed by atoms with E-state index >= 15 is 0 Å². The van der Waals surface area contributed by atoms with Gasteiger partial charge in [0.15, 0.2) is 5.65 Å². The zero-order valence-corrected chi connectivity index (χ0v) is 13.9. The van der Waals surface area contributed by atoms with E-state index in [-0.39, 0.29) is 5.91 Å². The van der Waals surface area contributed by atoms with Gasteiger partial charge >= 0.3 is 0 Å². The average molecular weight is 341 g/mol. The number of likely N-dealkylation sites (tertiary alicyclic amines) is 1. The highest BCUT2D eigenvalue weighted by Gasteiger charge is 2.19. The lowest BCUT2D eigenvalue weighted by molar-refractivity contribution is 0.0723. The van der Waals surface area contributed by atoms with Crippen LogP contribution in [0.5, 0.6) is 0 Å². The quantitative estimate of drug-likeness (QED) is 0.715. The van der Waals surface area contributed by atoms with Crippen LogP contribution in [0.25, 0.3) is 16.8 Å². The van der Waals surface area contributed by atoms with Gasteiger partial charge in [0, 0.05) is 36.1 Å². The summed E-state index contributed by atoms with van der Waals surface area (Å²) in [6.45, 7) is 1.65. The Morgan fingerprint density at radius 2 is 1.96 bits per heavy atom.